The monoisotopic (exact) mass is 243 g/mol. The van der Waals surface area contributed by atoms with Gasteiger partial charge in [-0.3, -0.25) is 0 Å². The van der Waals surface area contributed by atoms with Gasteiger partial charge in [0.05, 0.1) is 0 Å². The van der Waals surface area contributed by atoms with Crippen LogP contribution in [0, 0.1) is 0 Å². The summed E-state index contributed by atoms with van der Waals surface area (Å²) in [5.41, 5.74) is 0. The largest absolute Gasteiger partial charge is 0.328 e. The third-order valence-electron chi connectivity index (χ3n) is 3.93. The highest BCUT2D eigenvalue weighted by molar-refractivity contribution is 6.85. The van der Waals surface area contributed by atoms with Gasteiger partial charge in [-0.15, -0.1) is 0 Å². The zero-order valence-electron chi connectivity index (χ0n) is 13.4. The lowest BCUT2D eigenvalue weighted by molar-refractivity contribution is 0.418. The van der Waals surface area contributed by atoms with Crippen molar-refractivity contribution in [3.8, 4) is 0 Å². The van der Waals surface area contributed by atoms with Gasteiger partial charge in [-0.2, -0.15) is 0 Å². The molecular weight excluding hydrogens is 210 g/mol. The smallest absolute Gasteiger partial charge is 0.144 e. The third-order valence-corrected chi connectivity index (χ3v) is 11.8. The Morgan fingerprint density at radius 3 is 0.750 bits per heavy atom. The summed E-state index contributed by atoms with van der Waals surface area (Å²) in [7, 11) is 2.93. The highest BCUT2D eigenvalue weighted by Crippen LogP contribution is 2.62. The van der Waals surface area contributed by atoms with Crippen LogP contribution in [0.2, 0.25) is 15.1 Å². The molecule has 0 aromatic carbocycles. The van der Waals surface area contributed by atoms with Crippen LogP contribution in [0.1, 0.15) is 62.3 Å². The summed E-state index contributed by atoms with van der Waals surface area (Å²) in [6, 6.07) is 0. The molecule has 0 spiro atoms. The highest BCUT2D eigenvalue weighted by Gasteiger charge is 2.61. The molecule has 0 unspecified atom stereocenters. The van der Waals surface area contributed by atoms with Crippen molar-refractivity contribution in [3.05, 3.63) is 0 Å². The van der Waals surface area contributed by atoms with Crippen LogP contribution in [-0.2, 0) is 0 Å². The normalized spacial score (nSPS) is 15.8. The first-order valence-electron chi connectivity index (χ1n) is 6.37. The molecular formula is C14H33NSi. The van der Waals surface area contributed by atoms with E-state index in [1.807, 2.05) is 0 Å². The maximum atomic E-state index is 2.58. The van der Waals surface area contributed by atoms with Crippen LogP contribution in [0.4, 0.5) is 0 Å². The summed E-state index contributed by atoms with van der Waals surface area (Å²) < 4.78 is 2.58. The number of nitrogens with zero attached hydrogens (tertiary/aromatic N) is 1. The van der Waals surface area contributed by atoms with Crippen LogP contribution >= 0.6 is 0 Å². The molecule has 0 heterocycles. The van der Waals surface area contributed by atoms with E-state index >= 15 is 0 Å². The first-order chi connectivity index (χ1) is 6.69. The van der Waals surface area contributed by atoms with E-state index in [9.17, 15) is 0 Å². The molecule has 0 aliphatic carbocycles. The second-order valence-corrected chi connectivity index (χ2v) is 15.2. The Balaban J connectivity index is 6.05. The molecule has 0 saturated carbocycles. The summed E-state index contributed by atoms with van der Waals surface area (Å²) >= 11 is 0. The molecule has 0 saturated heterocycles. The van der Waals surface area contributed by atoms with Crippen molar-refractivity contribution in [1.29, 1.82) is 0 Å². The minimum atomic E-state index is -1.64. The summed E-state index contributed by atoms with van der Waals surface area (Å²) in [4.78, 5) is 0. The van der Waals surface area contributed by atoms with Crippen molar-refractivity contribution in [2.45, 2.75) is 77.4 Å². The van der Waals surface area contributed by atoms with Crippen molar-refractivity contribution in [1.82, 2.24) is 4.57 Å². The van der Waals surface area contributed by atoms with Crippen molar-refractivity contribution < 1.29 is 0 Å². The van der Waals surface area contributed by atoms with E-state index in [-0.39, 0.29) is 0 Å². The van der Waals surface area contributed by atoms with E-state index in [1.54, 1.807) is 0 Å². The Morgan fingerprint density at radius 1 is 0.562 bits per heavy atom. The van der Waals surface area contributed by atoms with E-state index in [0.717, 1.165) is 0 Å². The standard InChI is InChI=1S/C14H33NSi/c1-12(2,3)16(15(10)11,13(4,5)6)14(7,8)9/h1-11H3. The second kappa shape index (κ2) is 4.13. The summed E-state index contributed by atoms with van der Waals surface area (Å²) in [5, 5.41) is 1.10. The Labute approximate surface area is 105 Å². The molecule has 16 heavy (non-hydrogen) atoms. The molecule has 0 radical (unpaired) electrons. The fourth-order valence-corrected chi connectivity index (χ4v) is 16.2. The summed E-state index contributed by atoms with van der Waals surface area (Å²) in [6.07, 6.45) is 0. The quantitative estimate of drug-likeness (QED) is 0.593. The van der Waals surface area contributed by atoms with E-state index in [4.69, 9.17) is 0 Å². The predicted molar refractivity (Wildman–Crippen MR) is 78.6 cm³/mol. The minimum Gasteiger partial charge on any atom is -0.328 e. The fourth-order valence-electron chi connectivity index (χ4n) is 5.39. The van der Waals surface area contributed by atoms with E-state index in [0.29, 0.717) is 15.1 Å². The number of hydrogen-bond donors (Lipinski definition) is 0. The van der Waals surface area contributed by atoms with Crippen molar-refractivity contribution in [3.63, 3.8) is 0 Å². The summed E-state index contributed by atoms with van der Waals surface area (Å²) in [5.74, 6) is 0. The topological polar surface area (TPSA) is 3.24 Å². The van der Waals surface area contributed by atoms with Crippen LogP contribution in [0.3, 0.4) is 0 Å². The SMILES string of the molecule is CN(C)[Si](C(C)(C)C)(C(C)(C)C)C(C)(C)C. The Hall–Kier alpha value is 0.177. The maximum absolute atomic E-state index is 2.58. The van der Waals surface area contributed by atoms with Gasteiger partial charge < -0.3 is 4.57 Å². The highest BCUT2D eigenvalue weighted by atomic mass is 28.3. The molecule has 0 fully saturated rings. The van der Waals surface area contributed by atoms with Gasteiger partial charge in [-0.05, 0) is 29.2 Å². The average molecular weight is 244 g/mol. The Morgan fingerprint density at radius 2 is 0.750 bits per heavy atom. The van der Waals surface area contributed by atoms with Gasteiger partial charge in [-0.1, -0.05) is 62.3 Å². The van der Waals surface area contributed by atoms with Gasteiger partial charge in [-0.25, -0.2) is 0 Å². The molecule has 2 heteroatoms. The molecule has 0 rings (SSSR count). The molecule has 0 aromatic rings. The zero-order valence-corrected chi connectivity index (χ0v) is 14.4. The van der Waals surface area contributed by atoms with E-state index < -0.39 is 8.24 Å². The molecule has 1 nitrogen and oxygen atoms in total. The van der Waals surface area contributed by atoms with Crippen LogP contribution < -0.4 is 0 Å². The van der Waals surface area contributed by atoms with Crippen molar-refractivity contribution in [2.75, 3.05) is 14.1 Å². The van der Waals surface area contributed by atoms with Gasteiger partial charge in [0.1, 0.15) is 8.24 Å². The molecule has 0 bridgehead atoms. The first kappa shape index (κ1) is 16.2. The van der Waals surface area contributed by atoms with Gasteiger partial charge in [0.25, 0.3) is 0 Å². The van der Waals surface area contributed by atoms with Crippen LogP contribution in [0.25, 0.3) is 0 Å². The average Bonchev–Trinajstić information content (AvgIpc) is 1.71. The van der Waals surface area contributed by atoms with Gasteiger partial charge in [0, 0.05) is 0 Å². The lowest BCUT2D eigenvalue weighted by Gasteiger charge is -2.62. The maximum Gasteiger partial charge on any atom is 0.144 e. The second-order valence-electron chi connectivity index (χ2n) is 8.35. The molecule has 0 aliphatic heterocycles. The number of rotatable bonds is 1. The molecule has 0 aliphatic rings. The Kier molecular flexibility index (Phi) is 4.18. The lowest BCUT2D eigenvalue weighted by atomic mass is 10.2. The lowest BCUT2D eigenvalue weighted by Crippen LogP contribution is -2.67. The molecule has 0 N–H and O–H groups in total. The van der Waals surface area contributed by atoms with Crippen LogP contribution in [0.15, 0.2) is 0 Å². The third kappa shape index (κ3) is 2.24. The van der Waals surface area contributed by atoms with E-state index in [2.05, 4.69) is 81.0 Å². The first-order valence-corrected chi connectivity index (χ1v) is 8.32. The molecule has 0 amide bonds. The van der Waals surface area contributed by atoms with Crippen molar-refractivity contribution in [2.24, 2.45) is 0 Å². The zero-order chi connectivity index (χ0) is 13.6. The number of hydrogen-bond acceptors (Lipinski definition) is 1. The Bertz CT molecular complexity index is 199. The van der Waals surface area contributed by atoms with Crippen LogP contribution in [-0.4, -0.2) is 26.9 Å². The molecule has 98 valence electrons. The van der Waals surface area contributed by atoms with Gasteiger partial charge in [0.15, 0.2) is 0 Å². The minimum absolute atomic E-state index is 0.368. The van der Waals surface area contributed by atoms with Crippen LogP contribution in [0.5, 0.6) is 0 Å². The van der Waals surface area contributed by atoms with Gasteiger partial charge >= 0.3 is 0 Å². The fraction of sp³-hybridized carbons (Fsp3) is 1.00. The summed E-state index contributed by atoms with van der Waals surface area (Å²) in [6.45, 7) is 21.8. The van der Waals surface area contributed by atoms with Crippen molar-refractivity contribution >= 4 is 8.24 Å². The van der Waals surface area contributed by atoms with E-state index in [1.165, 1.54) is 0 Å². The molecule has 0 aromatic heterocycles. The predicted octanol–water partition coefficient (Wildman–Crippen LogP) is 4.89. The molecule has 0 atom stereocenters. The van der Waals surface area contributed by atoms with Gasteiger partial charge in [0.2, 0.25) is 0 Å².